The van der Waals surface area contributed by atoms with Crippen molar-refractivity contribution in [3.63, 3.8) is 0 Å². The van der Waals surface area contributed by atoms with E-state index < -0.39 is 0 Å². The van der Waals surface area contributed by atoms with E-state index in [9.17, 15) is 0 Å². The van der Waals surface area contributed by atoms with Gasteiger partial charge in [-0.2, -0.15) is 0 Å². The topological polar surface area (TPSA) is 104 Å². The van der Waals surface area contributed by atoms with Crippen LogP contribution in [0, 0.1) is 0 Å². The highest BCUT2D eigenvalue weighted by Gasteiger charge is 2.33. The first kappa shape index (κ1) is 69.4. The second kappa shape index (κ2) is 29.0. The van der Waals surface area contributed by atoms with Crippen molar-refractivity contribution in [2.75, 3.05) is 0 Å². The molecule has 0 atom stereocenters. The molecule has 0 radical (unpaired) electrons. The first-order valence-electron chi connectivity index (χ1n) is 40.5. The van der Waals surface area contributed by atoms with Crippen LogP contribution in [-0.4, -0.2) is 19.9 Å². The van der Waals surface area contributed by atoms with Gasteiger partial charge in [-0.15, -0.1) is 0 Å². The zero-order valence-corrected chi connectivity index (χ0v) is 64.7. The molecule has 7 aromatic heterocycles. The molecular formula is C112H68N4O4. The van der Waals surface area contributed by atoms with Crippen molar-refractivity contribution in [2.24, 2.45) is 0 Å². The van der Waals surface area contributed by atoms with Crippen LogP contribution in [0.1, 0.15) is 0 Å². The van der Waals surface area contributed by atoms with E-state index in [1.165, 1.54) is 128 Å². The predicted octanol–water partition coefficient (Wildman–Crippen LogP) is 30.6. The Hall–Kier alpha value is -16.2. The molecule has 22 aromatic rings. The molecule has 0 fully saturated rings. The molecule has 0 amide bonds. The van der Waals surface area contributed by atoms with Crippen LogP contribution in [0.2, 0.25) is 0 Å². The summed E-state index contributed by atoms with van der Waals surface area (Å²) in [6.45, 7) is 0. The Labute approximate surface area is 691 Å². The molecule has 8 nitrogen and oxygen atoms in total. The summed E-state index contributed by atoms with van der Waals surface area (Å²) in [5.74, 6) is 3.90. The second-order valence-corrected chi connectivity index (χ2v) is 30.3. The molecule has 0 N–H and O–H groups in total. The molecular weight excluding hydrogens is 1470 g/mol. The predicted molar refractivity (Wildman–Crippen MR) is 488 cm³/mol. The van der Waals surface area contributed by atoms with E-state index in [2.05, 4.69) is 343 Å². The molecule has 0 unspecified atom stereocenters. The van der Waals surface area contributed by atoms with Gasteiger partial charge in [0.05, 0.1) is 5.69 Å². The maximum Gasteiger partial charge on any atom is 0.196 e. The van der Waals surface area contributed by atoms with Crippen LogP contribution in [0.25, 0.3) is 246 Å². The zero-order chi connectivity index (χ0) is 79.1. The summed E-state index contributed by atoms with van der Waals surface area (Å²) in [4.78, 5) is 18.5. The Kier molecular flexibility index (Phi) is 16.7. The van der Waals surface area contributed by atoms with Gasteiger partial charge in [-0.3, -0.25) is 4.98 Å². The smallest absolute Gasteiger partial charge is 0.196 e. The van der Waals surface area contributed by atoms with Crippen molar-refractivity contribution < 1.29 is 17.7 Å². The number of rotatable bonds is 6. The van der Waals surface area contributed by atoms with Crippen LogP contribution in [0.3, 0.4) is 0 Å². The van der Waals surface area contributed by atoms with Gasteiger partial charge in [-0.1, -0.05) is 334 Å². The molecule has 4 aliphatic rings. The summed E-state index contributed by atoms with van der Waals surface area (Å²) in [6, 6.07) is 138. The Morgan fingerprint density at radius 1 is 0.158 bits per heavy atom. The van der Waals surface area contributed by atoms with Gasteiger partial charge in [0, 0.05) is 73.5 Å². The summed E-state index contributed by atoms with van der Waals surface area (Å²) in [5.41, 5.74) is 39.6. The lowest BCUT2D eigenvalue weighted by atomic mass is 9.92. The third kappa shape index (κ3) is 11.5. The Balaban J connectivity index is 0.0000000938. The van der Waals surface area contributed by atoms with Crippen molar-refractivity contribution in [3.05, 3.63) is 413 Å². The van der Waals surface area contributed by atoms with Crippen molar-refractivity contribution >= 4 is 43.9 Å². The molecule has 0 saturated carbocycles. The maximum absolute atomic E-state index is 6.62. The standard InChI is InChI=1S/C32H20O.C31H19NO.C25H15NO.C24H14N2O/c1-2-10-21(11-3-1)22-12-8-13-23(20-22)32-31-28-17-7-6-16-26(28)24-14-4-5-15-25(24)27-18-9-19-29(33-32)30(27)31;1-2-10-20(11-3-1)26-17-9-18-27(32-26)31-30-25-15-7-6-14-23(25)21-12-4-5-13-22(21)24-16-8-19-28(33-31)29(24)30;1-2-9-17-16(8-1)18-10-3-4-11-20(18)24-23-19(17)12-7-14-22(23)27-25(24)21-13-5-6-15-26-21;1-2-8-16-15(7-1)17-9-3-4-10-19(17)22-21-18(16)11-5-12-20(21)27-23(22)24-25-13-6-14-26-24/h1-20H;1-19H;1-15H;1-14H. The van der Waals surface area contributed by atoms with Crippen LogP contribution in [0.5, 0.6) is 0 Å². The number of benzene rings is 15. The molecule has 560 valence electrons. The lowest BCUT2D eigenvalue weighted by molar-refractivity contribution is 0.626. The van der Waals surface area contributed by atoms with Crippen LogP contribution in [0.4, 0.5) is 0 Å². The summed E-state index contributed by atoms with van der Waals surface area (Å²) in [5, 5.41) is 4.62. The van der Waals surface area contributed by atoms with E-state index in [0.29, 0.717) is 5.82 Å². The van der Waals surface area contributed by atoms with Gasteiger partial charge < -0.3 is 17.7 Å². The van der Waals surface area contributed by atoms with Gasteiger partial charge in [-0.25, -0.2) is 15.0 Å². The number of nitrogens with zero attached hydrogens (tertiary/aromatic N) is 4. The molecule has 4 aliphatic carbocycles. The fourth-order valence-corrected chi connectivity index (χ4v) is 18.5. The molecule has 8 heteroatoms. The molecule has 0 bridgehead atoms. The van der Waals surface area contributed by atoms with Crippen molar-refractivity contribution in [3.8, 4) is 202 Å². The SMILES string of the molecule is c1ccc(-c2cccc(-c3oc4cccc5c4c3-c3ccccc3-c3ccccc3-5)c2)cc1.c1ccc(-c2cccc(-c3oc4cccc5c4c3-c3ccccc3-c3ccccc3-5)n2)cc1.c1ccc(-c2oc3cccc4c3c2-c2ccccc2-c2ccccc2-4)nc1.c1cnc(-c2oc3cccc4c3c2-c2ccccc2-c2ccccc2-4)nc1. The molecule has 120 heavy (non-hydrogen) atoms. The highest BCUT2D eigenvalue weighted by atomic mass is 16.3. The number of furan rings is 4. The quantitative estimate of drug-likeness (QED) is 0.162. The van der Waals surface area contributed by atoms with Crippen LogP contribution < -0.4 is 0 Å². The first-order valence-corrected chi connectivity index (χ1v) is 40.5. The van der Waals surface area contributed by atoms with E-state index >= 15 is 0 Å². The van der Waals surface area contributed by atoms with E-state index in [1.807, 2.05) is 72.9 Å². The molecule has 0 saturated heterocycles. The maximum atomic E-state index is 6.62. The fraction of sp³-hybridized carbons (Fsp3) is 0. The van der Waals surface area contributed by atoms with Crippen molar-refractivity contribution in [1.29, 1.82) is 0 Å². The monoisotopic (exact) mass is 1530 g/mol. The summed E-state index contributed by atoms with van der Waals surface area (Å²) >= 11 is 0. The molecule has 26 rings (SSSR count). The molecule has 0 aliphatic heterocycles. The summed E-state index contributed by atoms with van der Waals surface area (Å²) < 4.78 is 25.8. The van der Waals surface area contributed by atoms with Crippen molar-refractivity contribution in [2.45, 2.75) is 0 Å². The summed E-state index contributed by atoms with van der Waals surface area (Å²) in [6.07, 6.45) is 5.31. The highest BCUT2D eigenvalue weighted by Crippen LogP contribution is 2.57. The van der Waals surface area contributed by atoms with Gasteiger partial charge in [0.15, 0.2) is 23.1 Å². The van der Waals surface area contributed by atoms with E-state index in [1.54, 1.807) is 12.4 Å². The van der Waals surface area contributed by atoms with Gasteiger partial charge in [0.2, 0.25) is 0 Å². The van der Waals surface area contributed by atoms with Gasteiger partial charge in [-0.05, 0) is 183 Å². The third-order valence-electron chi connectivity index (χ3n) is 23.6. The number of fused-ring (bicyclic) bond motifs is 20. The van der Waals surface area contributed by atoms with E-state index in [0.717, 1.165) is 112 Å². The van der Waals surface area contributed by atoms with Crippen LogP contribution in [0.15, 0.2) is 431 Å². The first-order chi connectivity index (χ1) is 59.6. The molecule has 0 spiro atoms. The minimum atomic E-state index is 0.607. The van der Waals surface area contributed by atoms with Crippen LogP contribution in [-0.2, 0) is 0 Å². The minimum absolute atomic E-state index is 0.607. The fourth-order valence-electron chi connectivity index (χ4n) is 18.5. The Morgan fingerprint density at radius 2 is 0.425 bits per heavy atom. The molecule has 15 aromatic carbocycles. The molecule has 7 heterocycles. The average Bonchev–Trinajstić information content (AvgIpc) is 1.59. The number of hydrogen-bond acceptors (Lipinski definition) is 8. The minimum Gasteiger partial charge on any atom is -0.455 e. The average molecular weight is 1530 g/mol. The van der Waals surface area contributed by atoms with Gasteiger partial charge in [0.1, 0.15) is 39.5 Å². The van der Waals surface area contributed by atoms with Gasteiger partial charge >= 0.3 is 0 Å². The zero-order valence-electron chi connectivity index (χ0n) is 64.7. The summed E-state index contributed by atoms with van der Waals surface area (Å²) in [7, 11) is 0. The largest absolute Gasteiger partial charge is 0.455 e. The number of hydrogen-bond donors (Lipinski definition) is 0. The normalized spacial score (nSPS) is 11.7. The van der Waals surface area contributed by atoms with E-state index in [4.69, 9.17) is 22.7 Å². The van der Waals surface area contributed by atoms with Crippen LogP contribution >= 0.6 is 0 Å². The van der Waals surface area contributed by atoms with Crippen molar-refractivity contribution in [1.82, 2.24) is 19.9 Å². The number of aromatic nitrogens is 4. The second-order valence-electron chi connectivity index (χ2n) is 30.3. The Bertz CT molecular complexity index is 7330. The Morgan fingerprint density at radius 3 is 0.833 bits per heavy atom. The van der Waals surface area contributed by atoms with Gasteiger partial charge in [0.25, 0.3) is 0 Å². The lowest BCUT2D eigenvalue weighted by Gasteiger charge is -2.11. The highest BCUT2D eigenvalue weighted by molar-refractivity contribution is 6.20. The van der Waals surface area contributed by atoms with E-state index in [-0.39, 0.29) is 0 Å². The lowest BCUT2D eigenvalue weighted by Crippen LogP contribution is -1.89. The number of pyridine rings is 2. The third-order valence-corrected chi connectivity index (χ3v) is 23.6.